The first-order chi connectivity index (χ1) is 7.27. The Balaban J connectivity index is 2.63. The van der Waals surface area contributed by atoms with E-state index in [9.17, 15) is 5.11 Å². The molecule has 1 aromatic heterocycles. The molecule has 0 aliphatic heterocycles. The van der Waals surface area contributed by atoms with Crippen molar-refractivity contribution < 1.29 is 9.52 Å². The van der Waals surface area contributed by atoms with Crippen LogP contribution in [-0.2, 0) is 0 Å². The molecule has 0 fully saturated rings. The van der Waals surface area contributed by atoms with Crippen molar-refractivity contribution in [3.63, 3.8) is 0 Å². The van der Waals surface area contributed by atoms with Gasteiger partial charge in [-0.2, -0.15) is 0 Å². The van der Waals surface area contributed by atoms with Crippen molar-refractivity contribution in [2.24, 2.45) is 0 Å². The molecule has 0 amide bonds. The number of aromatic hydroxyl groups is 1. The van der Waals surface area contributed by atoms with Crippen molar-refractivity contribution in [1.82, 2.24) is 0 Å². The predicted octanol–water partition coefficient (Wildman–Crippen LogP) is 3.60. The zero-order chi connectivity index (χ0) is 10.4. The van der Waals surface area contributed by atoms with Crippen LogP contribution in [0.5, 0.6) is 5.95 Å². The highest BCUT2D eigenvalue weighted by molar-refractivity contribution is 6.08. The standard InChI is InChI=1S/C13H10O2/c1-8-12-10-5-3-2-4-9(10)6-7-11(12)15-13(8)14/h2-7,14H,1H3. The maximum Gasteiger partial charge on any atom is 0.286 e. The molecule has 1 heterocycles. The van der Waals surface area contributed by atoms with Crippen LogP contribution in [0.4, 0.5) is 0 Å². The van der Waals surface area contributed by atoms with Gasteiger partial charge in [0.1, 0.15) is 5.58 Å². The van der Waals surface area contributed by atoms with Gasteiger partial charge in [0, 0.05) is 10.9 Å². The van der Waals surface area contributed by atoms with Crippen molar-refractivity contribution in [2.45, 2.75) is 6.92 Å². The summed E-state index contributed by atoms with van der Waals surface area (Å²) in [6.45, 7) is 1.87. The highest BCUT2D eigenvalue weighted by Gasteiger charge is 2.11. The fraction of sp³-hybridized carbons (Fsp3) is 0.0769. The quantitative estimate of drug-likeness (QED) is 0.598. The van der Waals surface area contributed by atoms with Crippen molar-refractivity contribution >= 4 is 21.7 Å². The van der Waals surface area contributed by atoms with Gasteiger partial charge >= 0.3 is 0 Å². The Bertz CT molecular complexity index is 650. The van der Waals surface area contributed by atoms with E-state index in [1.54, 1.807) is 0 Å². The van der Waals surface area contributed by atoms with E-state index < -0.39 is 0 Å². The Morgan fingerprint density at radius 3 is 2.73 bits per heavy atom. The van der Waals surface area contributed by atoms with Crippen molar-refractivity contribution in [1.29, 1.82) is 0 Å². The first-order valence-electron chi connectivity index (χ1n) is 4.87. The lowest BCUT2D eigenvalue weighted by atomic mass is 10.0. The fourth-order valence-electron chi connectivity index (χ4n) is 2.01. The summed E-state index contributed by atoms with van der Waals surface area (Å²) in [6, 6.07) is 12.0. The summed E-state index contributed by atoms with van der Waals surface area (Å²) < 4.78 is 5.26. The van der Waals surface area contributed by atoms with E-state index in [-0.39, 0.29) is 5.95 Å². The SMILES string of the molecule is Cc1c(O)oc2ccc3ccccc3c12. The molecule has 0 saturated heterocycles. The molecule has 0 radical (unpaired) electrons. The third kappa shape index (κ3) is 1.05. The lowest BCUT2D eigenvalue weighted by molar-refractivity contribution is 0.343. The van der Waals surface area contributed by atoms with E-state index in [4.69, 9.17) is 4.42 Å². The van der Waals surface area contributed by atoms with Gasteiger partial charge in [-0.1, -0.05) is 30.3 Å². The first-order valence-corrected chi connectivity index (χ1v) is 4.87. The van der Waals surface area contributed by atoms with Gasteiger partial charge in [0.25, 0.3) is 5.95 Å². The van der Waals surface area contributed by atoms with Gasteiger partial charge in [-0.05, 0) is 23.8 Å². The van der Waals surface area contributed by atoms with Crippen molar-refractivity contribution in [3.05, 3.63) is 42.0 Å². The van der Waals surface area contributed by atoms with Crippen LogP contribution in [0.2, 0.25) is 0 Å². The van der Waals surface area contributed by atoms with Crippen LogP contribution in [0.15, 0.2) is 40.8 Å². The summed E-state index contributed by atoms with van der Waals surface area (Å²) in [7, 11) is 0. The van der Waals surface area contributed by atoms with Gasteiger partial charge in [-0.3, -0.25) is 0 Å². The minimum absolute atomic E-state index is 0.0151. The normalized spacial score (nSPS) is 11.3. The lowest BCUT2D eigenvalue weighted by Crippen LogP contribution is -1.74. The molecule has 0 aliphatic carbocycles. The molecule has 0 aliphatic rings. The molecule has 2 nitrogen and oxygen atoms in total. The van der Waals surface area contributed by atoms with E-state index in [1.165, 1.54) is 0 Å². The largest absolute Gasteiger partial charge is 0.480 e. The minimum Gasteiger partial charge on any atom is -0.480 e. The second-order valence-electron chi connectivity index (χ2n) is 3.69. The average Bonchev–Trinajstić information content (AvgIpc) is 2.55. The predicted molar refractivity (Wildman–Crippen MR) is 60.1 cm³/mol. The van der Waals surface area contributed by atoms with Crippen LogP contribution < -0.4 is 0 Å². The highest BCUT2D eigenvalue weighted by atomic mass is 16.5. The van der Waals surface area contributed by atoms with Crippen molar-refractivity contribution in [2.75, 3.05) is 0 Å². The van der Waals surface area contributed by atoms with Crippen LogP contribution in [-0.4, -0.2) is 5.11 Å². The minimum atomic E-state index is 0.0151. The second kappa shape index (κ2) is 2.76. The zero-order valence-electron chi connectivity index (χ0n) is 8.32. The molecule has 2 aromatic carbocycles. The molecule has 1 N–H and O–H groups in total. The zero-order valence-corrected chi connectivity index (χ0v) is 8.32. The number of fused-ring (bicyclic) bond motifs is 3. The van der Waals surface area contributed by atoms with Crippen LogP contribution >= 0.6 is 0 Å². The molecule has 0 spiro atoms. The van der Waals surface area contributed by atoms with Crippen LogP contribution in [0, 0.1) is 6.92 Å². The number of aryl methyl sites for hydroxylation is 1. The number of furan rings is 1. The van der Waals surface area contributed by atoms with Crippen molar-refractivity contribution in [3.8, 4) is 5.95 Å². The average molecular weight is 198 g/mol. The summed E-state index contributed by atoms with van der Waals surface area (Å²) in [6.07, 6.45) is 0. The second-order valence-corrected chi connectivity index (χ2v) is 3.69. The fourth-order valence-corrected chi connectivity index (χ4v) is 2.01. The van der Waals surface area contributed by atoms with Gasteiger partial charge in [0.05, 0.1) is 0 Å². The van der Waals surface area contributed by atoms with E-state index in [0.717, 1.165) is 27.3 Å². The number of rotatable bonds is 0. The van der Waals surface area contributed by atoms with E-state index in [1.807, 2.05) is 37.3 Å². The van der Waals surface area contributed by atoms with E-state index in [0.29, 0.717) is 0 Å². The lowest BCUT2D eigenvalue weighted by Gasteiger charge is -1.98. The molecule has 3 rings (SSSR count). The number of hydrogen-bond acceptors (Lipinski definition) is 2. The van der Waals surface area contributed by atoms with Gasteiger partial charge < -0.3 is 9.52 Å². The molecule has 0 saturated carbocycles. The molecular formula is C13H10O2. The van der Waals surface area contributed by atoms with Gasteiger partial charge in [0.2, 0.25) is 0 Å². The number of benzene rings is 2. The smallest absolute Gasteiger partial charge is 0.286 e. The molecule has 0 bridgehead atoms. The Labute approximate surface area is 86.7 Å². The maximum absolute atomic E-state index is 9.54. The third-order valence-electron chi connectivity index (χ3n) is 2.79. The Kier molecular flexibility index (Phi) is 1.54. The highest BCUT2D eigenvalue weighted by Crippen LogP contribution is 2.35. The van der Waals surface area contributed by atoms with E-state index >= 15 is 0 Å². The van der Waals surface area contributed by atoms with Crippen LogP contribution in [0.1, 0.15) is 5.56 Å². The molecule has 15 heavy (non-hydrogen) atoms. The van der Waals surface area contributed by atoms with Crippen LogP contribution in [0.3, 0.4) is 0 Å². The summed E-state index contributed by atoms with van der Waals surface area (Å²) in [4.78, 5) is 0. The molecule has 2 heteroatoms. The topological polar surface area (TPSA) is 33.4 Å². The molecule has 0 unspecified atom stereocenters. The summed E-state index contributed by atoms with van der Waals surface area (Å²) in [5.41, 5.74) is 1.55. The maximum atomic E-state index is 9.54. The molecule has 3 aromatic rings. The summed E-state index contributed by atoms with van der Waals surface area (Å²) >= 11 is 0. The molecule has 74 valence electrons. The van der Waals surface area contributed by atoms with Crippen LogP contribution in [0.25, 0.3) is 21.7 Å². The Hall–Kier alpha value is -1.96. The van der Waals surface area contributed by atoms with Gasteiger partial charge in [-0.15, -0.1) is 0 Å². The summed E-state index contributed by atoms with van der Waals surface area (Å²) in [5.74, 6) is 0.0151. The van der Waals surface area contributed by atoms with Gasteiger partial charge in [-0.25, -0.2) is 0 Å². The van der Waals surface area contributed by atoms with E-state index in [2.05, 4.69) is 6.07 Å². The van der Waals surface area contributed by atoms with Gasteiger partial charge in [0.15, 0.2) is 0 Å². The molecular weight excluding hydrogens is 188 g/mol. The Morgan fingerprint density at radius 1 is 1.07 bits per heavy atom. The monoisotopic (exact) mass is 198 g/mol. The third-order valence-corrected chi connectivity index (χ3v) is 2.79. The summed E-state index contributed by atoms with van der Waals surface area (Å²) in [5, 5.41) is 12.8. The Morgan fingerprint density at radius 2 is 1.87 bits per heavy atom. The first kappa shape index (κ1) is 8.36. The molecule has 0 atom stereocenters. The number of hydrogen-bond donors (Lipinski definition) is 1.